The zero-order chi connectivity index (χ0) is 20.2. The summed E-state index contributed by atoms with van der Waals surface area (Å²) < 4.78 is 1.35. The van der Waals surface area contributed by atoms with Crippen molar-refractivity contribution in [2.45, 2.75) is 12.1 Å². The van der Waals surface area contributed by atoms with Crippen molar-refractivity contribution in [1.82, 2.24) is 25.1 Å². The number of nitrogens with one attached hydrogen (secondary N) is 2. The molecule has 0 fully saturated rings. The second-order valence-corrected chi connectivity index (χ2v) is 7.36. The van der Waals surface area contributed by atoms with Gasteiger partial charge < -0.3 is 11.2 Å². The molecule has 0 unspecified atom stereocenters. The van der Waals surface area contributed by atoms with Gasteiger partial charge in [-0.25, -0.2) is 4.68 Å². The highest BCUT2D eigenvalue weighted by atomic mass is 32.2. The highest BCUT2D eigenvalue weighted by Crippen LogP contribution is 2.24. The van der Waals surface area contributed by atoms with Gasteiger partial charge in [-0.05, 0) is 30.7 Å². The Bertz CT molecular complexity index is 1140. The van der Waals surface area contributed by atoms with Crippen molar-refractivity contribution in [3.05, 3.63) is 66.2 Å². The van der Waals surface area contributed by atoms with Gasteiger partial charge in [0, 0.05) is 11.3 Å². The number of anilines is 1. The average Bonchev–Trinajstić information content (AvgIpc) is 3.34. The third-order valence-corrected chi connectivity index (χ3v) is 5.13. The van der Waals surface area contributed by atoms with E-state index < -0.39 is 0 Å². The molecule has 146 valence electrons. The molecule has 29 heavy (non-hydrogen) atoms. The number of carbonyl (C=O) groups is 1. The molecule has 8 nitrogen and oxygen atoms in total. The summed E-state index contributed by atoms with van der Waals surface area (Å²) in [6.45, 7) is 1.97. The van der Waals surface area contributed by atoms with Crippen molar-refractivity contribution in [2.75, 3.05) is 16.9 Å². The van der Waals surface area contributed by atoms with E-state index in [0.29, 0.717) is 16.7 Å². The molecule has 0 atom stereocenters. The van der Waals surface area contributed by atoms with E-state index in [1.807, 2.05) is 67.6 Å². The minimum atomic E-state index is -0.141. The molecular weight excluding hydrogens is 386 g/mol. The molecule has 0 aliphatic carbocycles. The lowest BCUT2D eigenvalue weighted by Gasteiger charge is -2.06. The first-order valence-corrected chi connectivity index (χ1v) is 9.90. The minimum absolute atomic E-state index is 0.141. The zero-order valence-electron chi connectivity index (χ0n) is 15.7. The van der Waals surface area contributed by atoms with Gasteiger partial charge in [-0.1, -0.05) is 54.2 Å². The summed E-state index contributed by atoms with van der Waals surface area (Å²) in [5.74, 6) is 6.61. The van der Waals surface area contributed by atoms with Crippen LogP contribution in [0.3, 0.4) is 0 Å². The number of carbonyl (C=O) groups excluding carboxylic acids is 1. The lowest BCUT2D eigenvalue weighted by Crippen LogP contribution is -2.16. The van der Waals surface area contributed by atoms with Crippen LogP contribution in [0.5, 0.6) is 0 Å². The lowest BCUT2D eigenvalue weighted by molar-refractivity contribution is -0.113. The maximum atomic E-state index is 12.2. The second-order valence-electron chi connectivity index (χ2n) is 6.42. The number of rotatable bonds is 6. The molecule has 4 aromatic rings. The number of hydrogen-bond donors (Lipinski definition) is 3. The Balaban J connectivity index is 1.42. The summed E-state index contributed by atoms with van der Waals surface area (Å²) in [7, 11) is 0. The maximum Gasteiger partial charge on any atom is 0.234 e. The molecule has 9 heteroatoms. The molecule has 2 aromatic heterocycles. The molecule has 2 aromatic carbocycles. The fourth-order valence-electron chi connectivity index (χ4n) is 2.80. The number of amides is 1. The van der Waals surface area contributed by atoms with Crippen LogP contribution in [0.1, 0.15) is 5.56 Å². The molecule has 0 aliphatic heterocycles. The Labute approximate surface area is 171 Å². The molecular formula is C20H19N7OS. The largest absolute Gasteiger partial charge is 0.335 e. The summed E-state index contributed by atoms with van der Waals surface area (Å²) in [6, 6.07) is 19.3. The van der Waals surface area contributed by atoms with E-state index in [9.17, 15) is 4.79 Å². The van der Waals surface area contributed by atoms with Gasteiger partial charge in [0.25, 0.3) is 0 Å². The third kappa shape index (κ3) is 4.30. The van der Waals surface area contributed by atoms with E-state index in [1.54, 1.807) is 0 Å². The van der Waals surface area contributed by atoms with E-state index in [0.717, 1.165) is 22.5 Å². The van der Waals surface area contributed by atoms with Crippen molar-refractivity contribution in [3.8, 4) is 22.8 Å². The summed E-state index contributed by atoms with van der Waals surface area (Å²) in [6.07, 6.45) is 0. The van der Waals surface area contributed by atoms with Crippen LogP contribution in [0.15, 0.2) is 65.8 Å². The predicted octanol–water partition coefficient (Wildman–Crippen LogP) is 3.09. The molecule has 0 spiro atoms. The van der Waals surface area contributed by atoms with E-state index in [1.165, 1.54) is 16.4 Å². The number of aromatic amines is 1. The number of nitrogens with two attached hydrogens (primary N) is 1. The van der Waals surface area contributed by atoms with Gasteiger partial charge in [-0.3, -0.25) is 9.89 Å². The van der Waals surface area contributed by atoms with Crippen molar-refractivity contribution in [2.24, 2.45) is 0 Å². The summed E-state index contributed by atoms with van der Waals surface area (Å²) in [4.78, 5) is 12.2. The fourth-order valence-corrected chi connectivity index (χ4v) is 3.46. The summed E-state index contributed by atoms with van der Waals surface area (Å²) in [5, 5.41) is 18.8. The Kier molecular flexibility index (Phi) is 5.30. The maximum absolute atomic E-state index is 12.2. The topological polar surface area (TPSA) is 115 Å². The Morgan fingerprint density at radius 2 is 1.97 bits per heavy atom. The summed E-state index contributed by atoms with van der Waals surface area (Å²) >= 11 is 1.22. The van der Waals surface area contributed by atoms with Gasteiger partial charge in [0.05, 0.1) is 11.4 Å². The smallest absolute Gasteiger partial charge is 0.234 e. The predicted molar refractivity (Wildman–Crippen MR) is 114 cm³/mol. The van der Waals surface area contributed by atoms with Crippen LogP contribution < -0.4 is 11.2 Å². The standard InChI is InChI=1S/C20H19N7OS/c1-13-6-5-9-15(10-13)22-18(28)12-29-20-26-25-19(27(20)21)17-11-16(23-24-17)14-7-3-2-4-8-14/h2-11H,12,21H2,1H3,(H,22,28)(H,23,24). The Morgan fingerprint density at radius 3 is 2.76 bits per heavy atom. The van der Waals surface area contributed by atoms with E-state index >= 15 is 0 Å². The monoisotopic (exact) mass is 405 g/mol. The van der Waals surface area contributed by atoms with Gasteiger partial charge in [0.2, 0.25) is 16.9 Å². The number of aryl methyl sites for hydroxylation is 1. The van der Waals surface area contributed by atoms with Gasteiger partial charge in [0.15, 0.2) is 0 Å². The number of nitrogens with zero attached hydrogens (tertiary/aromatic N) is 4. The highest BCUT2D eigenvalue weighted by Gasteiger charge is 2.16. The molecule has 0 saturated heterocycles. The average molecular weight is 405 g/mol. The third-order valence-electron chi connectivity index (χ3n) is 4.19. The quantitative estimate of drug-likeness (QED) is 0.335. The van der Waals surface area contributed by atoms with Crippen LogP contribution in [-0.2, 0) is 4.79 Å². The van der Waals surface area contributed by atoms with Crippen LogP contribution in [0.25, 0.3) is 22.8 Å². The van der Waals surface area contributed by atoms with Crippen LogP contribution in [0, 0.1) is 6.92 Å². The molecule has 4 N–H and O–H groups in total. The molecule has 2 heterocycles. The van der Waals surface area contributed by atoms with Gasteiger partial charge >= 0.3 is 0 Å². The first-order chi connectivity index (χ1) is 14.1. The number of H-pyrrole nitrogens is 1. The number of aromatic nitrogens is 5. The molecule has 0 bridgehead atoms. The Hall–Kier alpha value is -3.59. The van der Waals surface area contributed by atoms with E-state index in [4.69, 9.17) is 5.84 Å². The summed E-state index contributed by atoms with van der Waals surface area (Å²) in [5.41, 5.74) is 4.26. The van der Waals surface area contributed by atoms with E-state index in [-0.39, 0.29) is 11.7 Å². The van der Waals surface area contributed by atoms with Crippen LogP contribution in [-0.4, -0.2) is 36.7 Å². The SMILES string of the molecule is Cc1cccc(NC(=O)CSc2nnc(-c3cc(-c4ccccc4)n[nH]3)n2N)c1. The lowest BCUT2D eigenvalue weighted by atomic mass is 10.1. The van der Waals surface area contributed by atoms with Crippen LogP contribution in [0.2, 0.25) is 0 Å². The van der Waals surface area contributed by atoms with Gasteiger partial charge in [-0.2, -0.15) is 5.10 Å². The number of nitrogen functional groups attached to an aromatic ring is 1. The van der Waals surface area contributed by atoms with Crippen molar-refractivity contribution in [3.63, 3.8) is 0 Å². The van der Waals surface area contributed by atoms with Gasteiger partial charge in [0.1, 0.15) is 5.69 Å². The van der Waals surface area contributed by atoms with E-state index in [2.05, 4.69) is 25.7 Å². The first kappa shape index (κ1) is 18.8. The molecule has 4 rings (SSSR count). The van der Waals surface area contributed by atoms with Gasteiger partial charge in [-0.15, -0.1) is 10.2 Å². The molecule has 0 aliphatic rings. The normalized spacial score (nSPS) is 10.8. The van der Waals surface area contributed by atoms with Crippen molar-refractivity contribution < 1.29 is 4.79 Å². The number of hydrogen-bond acceptors (Lipinski definition) is 6. The van der Waals surface area contributed by atoms with Crippen molar-refractivity contribution in [1.29, 1.82) is 0 Å². The minimum Gasteiger partial charge on any atom is -0.335 e. The second kappa shape index (κ2) is 8.19. The Morgan fingerprint density at radius 1 is 1.14 bits per heavy atom. The fraction of sp³-hybridized carbons (Fsp3) is 0.100. The van der Waals surface area contributed by atoms with Crippen molar-refractivity contribution >= 4 is 23.4 Å². The van der Waals surface area contributed by atoms with Crippen LogP contribution >= 0.6 is 11.8 Å². The molecule has 0 saturated carbocycles. The molecule has 0 radical (unpaired) electrons. The zero-order valence-corrected chi connectivity index (χ0v) is 16.5. The highest BCUT2D eigenvalue weighted by molar-refractivity contribution is 7.99. The number of benzene rings is 2. The number of thioether (sulfide) groups is 1. The molecule has 1 amide bonds. The van der Waals surface area contributed by atoms with Crippen LogP contribution in [0.4, 0.5) is 5.69 Å². The first-order valence-electron chi connectivity index (χ1n) is 8.91.